The Bertz CT molecular complexity index is 355. The Kier molecular flexibility index (Phi) is 1.17. The molecule has 0 nitrogen and oxygen atoms in total. The molecule has 0 aromatic carbocycles. The largest absolute Gasteiger partial charge is 0.0594 e. The summed E-state index contributed by atoms with van der Waals surface area (Å²) in [5, 5.41) is 0. The minimum atomic E-state index is 0.626. The Morgan fingerprint density at radius 2 is 1.73 bits per heavy atom. The summed E-state index contributed by atoms with van der Waals surface area (Å²) in [4.78, 5) is 0. The summed E-state index contributed by atoms with van der Waals surface area (Å²) in [7, 11) is 0. The van der Waals surface area contributed by atoms with Gasteiger partial charge in [-0.1, -0.05) is 34.1 Å². The molecule has 0 aromatic heterocycles. The molecule has 5 atom stereocenters. The van der Waals surface area contributed by atoms with E-state index < -0.39 is 0 Å². The minimum Gasteiger partial charge on any atom is -0.0594 e. The van der Waals surface area contributed by atoms with Gasteiger partial charge in [-0.25, -0.2) is 0 Å². The Balaban J connectivity index is 1.93. The molecule has 0 saturated heterocycles. The second-order valence-electron chi connectivity index (χ2n) is 8.21. The topological polar surface area (TPSA) is 0 Å². The van der Waals surface area contributed by atoms with Crippen LogP contribution in [0.15, 0.2) is 0 Å². The standard InChI is InChI=1S/C15H24/c1-12(2)6-5-7-14(4)11-10-8-15(12,14)9-13(10,11)3/h10-11H,5-9H2,1-4H3/t10-,11+,13-,14-,15-/m1/s1. The van der Waals surface area contributed by atoms with E-state index in [0.29, 0.717) is 5.41 Å². The molecule has 4 bridgehead atoms. The van der Waals surface area contributed by atoms with Crippen LogP contribution in [-0.4, -0.2) is 0 Å². The van der Waals surface area contributed by atoms with Gasteiger partial charge in [0.15, 0.2) is 0 Å². The van der Waals surface area contributed by atoms with Gasteiger partial charge in [0.2, 0.25) is 0 Å². The molecule has 15 heavy (non-hydrogen) atoms. The van der Waals surface area contributed by atoms with E-state index in [9.17, 15) is 0 Å². The van der Waals surface area contributed by atoms with E-state index >= 15 is 0 Å². The van der Waals surface area contributed by atoms with E-state index in [4.69, 9.17) is 0 Å². The summed E-state index contributed by atoms with van der Waals surface area (Å²) < 4.78 is 0. The normalized spacial score (nSPS) is 68.0. The van der Waals surface area contributed by atoms with Crippen molar-refractivity contribution < 1.29 is 0 Å². The molecule has 5 aliphatic rings. The van der Waals surface area contributed by atoms with Gasteiger partial charge in [-0.2, -0.15) is 0 Å². The molecule has 5 aliphatic carbocycles. The predicted octanol–water partition coefficient (Wildman–Crippen LogP) is 4.25. The van der Waals surface area contributed by atoms with Gasteiger partial charge in [0.1, 0.15) is 0 Å². The highest BCUT2D eigenvalue weighted by molar-refractivity contribution is 5.36. The van der Waals surface area contributed by atoms with E-state index in [0.717, 1.165) is 28.1 Å². The van der Waals surface area contributed by atoms with Crippen LogP contribution in [0.2, 0.25) is 0 Å². The first-order chi connectivity index (χ1) is 6.88. The summed E-state index contributed by atoms with van der Waals surface area (Å²) in [6.07, 6.45) is 7.66. The molecule has 0 N–H and O–H groups in total. The van der Waals surface area contributed by atoms with Crippen molar-refractivity contribution in [2.75, 3.05) is 0 Å². The summed E-state index contributed by atoms with van der Waals surface area (Å²) in [5.74, 6) is 2.24. The van der Waals surface area contributed by atoms with Crippen LogP contribution in [0, 0.1) is 33.5 Å². The lowest BCUT2D eigenvalue weighted by Crippen LogP contribution is -2.48. The molecule has 0 unspecified atom stereocenters. The molecule has 0 heteroatoms. The fourth-order valence-electron chi connectivity index (χ4n) is 7.08. The van der Waals surface area contributed by atoms with Crippen LogP contribution in [0.5, 0.6) is 0 Å². The number of hydrogen-bond donors (Lipinski definition) is 0. The second-order valence-corrected chi connectivity index (χ2v) is 8.21. The molecule has 0 aliphatic heterocycles. The van der Waals surface area contributed by atoms with E-state index in [1.165, 1.54) is 19.3 Å². The SMILES string of the molecule is CC1(C)CCC[C@]2(C)[C@H]3[C@H]4C[C@@]12C[C@]43C. The fraction of sp³-hybridized carbons (Fsp3) is 1.00. The smallest absolute Gasteiger partial charge is 0.0181 e. The van der Waals surface area contributed by atoms with Crippen molar-refractivity contribution in [1.82, 2.24) is 0 Å². The zero-order chi connectivity index (χ0) is 10.7. The molecule has 5 saturated carbocycles. The first-order valence-electron chi connectivity index (χ1n) is 6.88. The molecule has 0 aromatic rings. The molecule has 0 amide bonds. The van der Waals surface area contributed by atoms with Crippen LogP contribution in [0.4, 0.5) is 0 Å². The lowest BCUT2D eigenvalue weighted by Gasteiger charge is -2.56. The first-order valence-corrected chi connectivity index (χ1v) is 6.88. The zero-order valence-corrected chi connectivity index (χ0v) is 10.7. The quantitative estimate of drug-likeness (QED) is 0.553. The van der Waals surface area contributed by atoms with Gasteiger partial charge in [0, 0.05) is 0 Å². The molecule has 1 spiro atoms. The van der Waals surface area contributed by atoms with Crippen LogP contribution >= 0.6 is 0 Å². The molecule has 0 heterocycles. The molecular formula is C15H24. The Hall–Kier alpha value is 0. The van der Waals surface area contributed by atoms with Crippen molar-refractivity contribution in [2.45, 2.75) is 59.8 Å². The minimum absolute atomic E-state index is 0.626. The highest BCUT2D eigenvalue weighted by atomic mass is 14.9. The van der Waals surface area contributed by atoms with Gasteiger partial charge >= 0.3 is 0 Å². The van der Waals surface area contributed by atoms with Crippen LogP contribution in [0.25, 0.3) is 0 Å². The monoisotopic (exact) mass is 204 g/mol. The van der Waals surface area contributed by atoms with Crippen LogP contribution < -0.4 is 0 Å². The van der Waals surface area contributed by atoms with Gasteiger partial charge in [-0.15, -0.1) is 0 Å². The number of hydrogen-bond acceptors (Lipinski definition) is 0. The first kappa shape index (κ1) is 9.07. The van der Waals surface area contributed by atoms with Crippen LogP contribution in [0.1, 0.15) is 59.8 Å². The number of rotatable bonds is 0. The van der Waals surface area contributed by atoms with Crippen molar-refractivity contribution >= 4 is 0 Å². The van der Waals surface area contributed by atoms with Crippen molar-refractivity contribution in [1.29, 1.82) is 0 Å². The summed E-state index contributed by atoms with van der Waals surface area (Å²) in [6.45, 7) is 10.4. The highest BCUT2D eigenvalue weighted by Gasteiger charge is 2.88. The second kappa shape index (κ2) is 1.93. The summed E-state index contributed by atoms with van der Waals surface area (Å²) in [6, 6.07) is 0. The predicted molar refractivity (Wildman–Crippen MR) is 62.5 cm³/mol. The molecule has 5 rings (SSSR count). The molecular weight excluding hydrogens is 180 g/mol. The third-order valence-electron chi connectivity index (χ3n) is 7.67. The van der Waals surface area contributed by atoms with Gasteiger partial charge in [0.25, 0.3) is 0 Å². The Morgan fingerprint density at radius 1 is 1.00 bits per heavy atom. The molecule has 0 radical (unpaired) electrons. The van der Waals surface area contributed by atoms with Gasteiger partial charge in [-0.05, 0) is 59.2 Å². The average molecular weight is 204 g/mol. The van der Waals surface area contributed by atoms with Gasteiger partial charge in [0.05, 0.1) is 0 Å². The lowest BCUT2D eigenvalue weighted by atomic mass is 9.49. The van der Waals surface area contributed by atoms with Crippen molar-refractivity contribution in [3.63, 3.8) is 0 Å². The molecule has 84 valence electrons. The van der Waals surface area contributed by atoms with Crippen LogP contribution in [-0.2, 0) is 0 Å². The van der Waals surface area contributed by atoms with Crippen molar-refractivity contribution in [3.8, 4) is 0 Å². The third kappa shape index (κ3) is 0.620. The average Bonchev–Trinajstić information content (AvgIpc) is 2.39. The fourth-order valence-corrected chi connectivity index (χ4v) is 7.08. The summed E-state index contributed by atoms with van der Waals surface area (Å²) >= 11 is 0. The lowest BCUT2D eigenvalue weighted by molar-refractivity contribution is -0.0673. The van der Waals surface area contributed by atoms with E-state index in [2.05, 4.69) is 27.7 Å². The maximum absolute atomic E-state index is 2.65. The highest BCUT2D eigenvalue weighted by Crippen LogP contribution is 2.94. The van der Waals surface area contributed by atoms with Crippen LogP contribution in [0.3, 0.4) is 0 Å². The van der Waals surface area contributed by atoms with E-state index in [-0.39, 0.29) is 0 Å². The Labute approximate surface area is 93.8 Å². The van der Waals surface area contributed by atoms with Gasteiger partial charge in [-0.3, -0.25) is 0 Å². The van der Waals surface area contributed by atoms with Crippen molar-refractivity contribution in [2.24, 2.45) is 33.5 Å². The summed E-state index contributed by atoms with van der Waals surface area (Å²) in [5.41, 5.74) is 2.88. The Morgan fingerprint density at radius 3 is 2.27 bits per heavy atom. The van der Waals surface area contributed by atoms with Gasteiger partial charge < -0.3 is 0 Å². The zero-order valence-electron chi connectivity index (χ0n) is 10.7. The third-order valence-corrected chi connectivity index (χ3v) is 7.67. The van der Waals surface area contributed by atoms with E-state index in [1.807, 2.05) is 0 Å². The molecule has 5 fully saturated rings. The van der Waals surface area contributed by atoms with Crippen molar-refractivity contribution in [3.05, 3.63) is 0 Å². The maximum Gasteiger partial charge on any atom is -0.0181 e. The maximum atomic E-state index is 2.65. The van der Waals surface area contributed by atoms with E-state index in [1.54, 1.807) is 12.8 Å².